The van der Waals surface area contributed by atoms with E-state index in [0.29, 0.717) is 45.4 Å². The van der Waals surface area contributed by atoms with Crippen molar-refractivity contribution in [3.8, 4) is 22.3 Å². The van der Waals surface area contributed by atoms with Crippen molar-refractivity contribution in [3.63, 3.8) is 0 Å². The van der Waals surface area contributed by atoms with E-state index in [1.807, 2.05) is 106 Å². The predicted molar refractivity (Wildman–Crippen MR) is 320 cm³/mol. The van der Waals surface area contributed by atoms with Gasteiger partial charge in [-0.3, -0.25) is 20.2 Å². The highest BCUT2D eigenvalue weighted by atomic mass is 79.9. The fourth-order valence-corrected chi connectivity index (χ4v) is 10.3. The van der Waals surface area contributed by atoms with Crippen LogP contribution in [0.4, 0.5) is 11.4 Å². The number of rotatable bonds is 10. The molecule has 0 saturated carbocycles. The van der Waals surface area contributed by atoms with Crippen molar-refractivity contribution in [2.24, 2.45) is 0 Å². The molecule has 1 fully saturated rings. The highest BCUT2D eigenvalue weighted by Gasteiger charge is 2.21. The summed E-state index contributed by atoms with van der Waals surface area (Å²) in [6.07, 6.45) is 3.58. The smallest absolute Gasteiger partial charge is 0.423 e. The Morgan fingerprint density at radius 2 is 1.01 bits per heavy atom. The Hall–Kier alpha value is -5.84. The van der Waals surface area contributed by atoms with Gasteiger partial charge in [0.2, 0.25) is 0 Å². The maximum atomic E-state index is 11.2. The van der Waals surface area contributed by atoms with Crippen molar-refractivity contribution in [3.05, 3.63) is 227 Å². The van der Waals surface area contributed by atoms with E-state index in [4.69, 9.17) is 63.2 Å². The molecular weight excluding hydrogens is 1120 g/mol. The Morgan fingerprint density at radius 1 is 0.545 bits per heavy atom. The third-order valence-corrected chi connectivity index (χ3v) is 14.5. The van der Waals surface area contributed by atoms with E-state index in [2.05, 4.69) is 64.5 Å². The molecule has 1 heterocycles. The number of nitro groups is 2. The largest absolute Gasteiger partial charge is 0.489 e. The van der Waals surface area contributed by atoms with Crippen LogP contribution in [0.2, 0.25) is 15.1 Å². The number of halogens is 4. The van der Waals surface area contributed by atoms with Gasteiger partial charge < -0.3 is 28.4 Å². The first-order chi connectivity index (χ1) is 37.2. The summed E-state index contributed by atoms with van der Waals surface area (Å²) in [6.45, 7) is 9.71. The number of ether oxygens (including phenoxy) is 1. The molecule has 9 aromatic carbocycles. The second kappa shape index (κ2) is 30.9. The van der Waals surface area contributed by atoms with Crippen LogP contribution in [0.25, 0.3) is 54.6 Å². The van der Waals surface area contributed by atoms with Crippen molar-refractivity contribution >= 4 is 116 Å². The van der Waals surface area contributed by atoms with E-state index >= 15 is 0 Å². The molecule has 0 atom stereocenters. The third-order valence-electron chi connectivity index (χ3n) is 11.7. The van der Waals surface area contributed by atoms with E-state index in [0.717, 1.165) is 51.8 Å². The molecular formula is C59H56BBrCl3N2O10P. The summed E-state index contributed by atoms with van der Waals surface area (Å²) < 4.78 is 20.8. The zero-order valence-electron chi connectivity index (χ0n) is 42.5. The lowest BCUT2D eigenvalue weighted by Gasteiger charge is -2.12. The first-order valence-corrected chi connectivity index (χ1v) is 27.7. The molecule has 77 heavy (non-hydrogen) atoms. The highest BCUT2D eigenvalue weighted by Crippen LogP contribution is 2.43. The Kier molecular flexibility index (Phi) is 24.3. The molecule has 18 heteroatoms. The van der Waals surface area contributed by atoms with Crippen LogP contribution in [-0.2, 0) is 24.7 Å². The molecule has 1 aliphatic carbocycles. The van der Waals surface area contributed by atoms with Gasteiger partial charge in [0.15, 0.2) is 0 Å². The van der Waals surface area contributed by atoms with Gasteiger partial charge in [0.1, 0.15) is 0 Å². The Bertz CT molecular complexity index is 3380. The topological polar surface area (TPSA) is 164 Å². The molecule has 1 aliphatic heterocycles. The molecule has 0 bridgehead atoms. The summed E-state index contributed by atoms with van der Waals surface area (Å²) in [5.41, 5.74) is 7.45. The molecule has 0 aromatic heterocycles. The molecule has 398 valence electrons. The van der Waals surface area contributed by atoms with Crippen LogP contribution in [0.5, 0.6) is 0 Å². The van der Waals surface area contributed by atoms with Crippen LogP contribution in [0, 0.1) is 20.2 Å². The van der Waals surface area contributed by atoms with E-state index in [9.17, 15) is 20.2 Å². The monoisotopic (exact) mass is 1180 g/mol. The van der Waals surface area contributed by atoms with Gasteiger partial charge >= 0.3 is 15.7 Å². The first kappa shape index (κ1) is 60.4. The van der Waals surface area contributed by atoms with Crippen LogP contribution >= 0.6 is 59.3 Å². The summed E-state index contributed by atoms with van der Waals surface area (Å²) in [6, 6.07) is 54.8. The zero-order chi connectivity index (χ0) is 55.3. The minimum atomic E-state index is -1.40. The zero-order valence-corrected chi connectivity index (χ0v) is 47.2. The van der Waals surface area contributed by atoms with Crippen LogP contribution in [-0.4, -0.2) is 60.0 Å². The van der Waals surface area contributed by atoms with Crippen molar-refractivity contribution < 1.29 is 38.2 Å². The van der Waals surface area contributed by atoms with Crippen molar-refractivity contribution in [1.82, 2.24) is 0 Å². The molecule has 0 spiro atoms. The second-order valence-electron chi connectivity index (χ2n) is 16.8. The summed E-state index contributed by atoms with van der Waals surface area (Å²) in [4.78, 5) is 20.6. The van der Waals surface area contributed by atoms with E-state index in [1.54, 1.807) is 12.1 Å². The van der Waals surface area contributed by atoms with Gasteiger partial charge in [-0.1, -0.05) is 162 Å². The number of hydrogen-bond acceptors (Lipinski definition) is 10. The number of benzene rings is 9. The molecule has 2 N–H and O–H groups in total. The fourth-order valence-electron chi connectivity index (χ4n) is 8.31. The highest BCUT2D eigenvalue weighted by molar-refractivity contribution is 9.10. The van der Waals surface area contributed by atoms with Gasteiger partial charge in [0.25, 0.3) is 11.4 Å². The Labute approximate surface area is 473 Å². The lowest BCUT2D eigenvalue weighted by Crippen LogP contribution is -2.30. The maximum Gasteiger partial charge on any atom is 0.489 e. The summed E-state index contributed by atoms with van der Waals surface area (Å²) in [5, 5.41) is 47.9. The minimum Gasteiger partial charge on any atom is -0.423 e. The molecule has 0 radical (unpaired) electrons. The number of hydrogen-bond donors (Lipinski definition) is 2. The van der Waals surface area contributed by atoms with E-state index in [1.165, 1.54) is 76.2 Å². The molecule has 11 rings (SSSR count). The quantitative estimate of drug-likeness (QED) is 0.0583. The van der Waals surface area contributed by atoms with Crippen molar-refractivity contribution in [2.75, 3.05) is 33.0 Å². The van der Waals surface area contributed by atoms with Crippen LogP contribution in [0.3, 0.4) is 0 Å². The van der Waals surface area contributed by atoms with E-state index in [-0.39, 0.29) is 16.3 Å². The van der Waals surface area contributed by atoms with E-state index < -0.39 is 20.6 Å². The van der Waals surface area contributed by atoms with Gasteiger partial charge in [-0.15, -0.1) is 0 Å². The summed E-state index contributed by atoms with van der Waals surface area (Å²) in [5.74, 6) is 0. The maximum absolute atomic E-state index is 11.2. The lowest BCUT2D eigenvalue weighted by molar-refractivity contribution is -0.385. The summed E-state index contributed by atoms with van der Waals surface area (Å²) >= 11 is 20.7. The van der Waals surface area contributed by atoms with Gasteiger partial charge in [-0.2, -0.15) is 0 Å². The molecule has 9 aromatic rings. The Morgan fingerprint density at radius 3 is 1.56 bits per heavy atom. The molecule has 0 amide bonds. The molecule has 1 saturated heterocycles. The molecule has 2 aliphatic rings. The van der Waals surface area contributed by atoms with Crippen molar-refractivity contribution in [2.45, 2.75) is 40.0 Å². The van der Waals surface area contributed by atoms with Gasteiger partial charge in [-0.25, -0.2) is 0 Å². The van der Waals surface area contributed by atoms with Crippen LogP contribution < -0.4 is 5.46 Å². The average Bonchev–Trinajstić information content (AvgIpc) is 4.17. The minimum absolute atomic E-state index is 0.0226. The van der Waals surface area contributed by atoms with Crippen molar-refractivity contribution in [1.29, 1.82) is 0 Å². The van der Waals surface area contributed by atoms with Crippen LogP contribution in [0.1, 0.15) is 44.7 Å². The molecule has 12 nitrogen and oxygen atoms in total. The van der Waals surface area contributed by atoms with Gasteiger partial charge in [-0.05, 0) is 158 Å². The molecule has 0 unspecified atom stereocenters. The normalized spacial score (nSPS) is 11.8. The summed E-state index contributed by atoms with van der Waals surface area (Å²) in [7, 11) is -2.46. The third kappa shape index (κ3) is 17.3. The van der Waals surface area contributed by atoms with Crippen LogP contribution in [0.15, 0.2) is 180 Å². The van der Waals surface area contributed by atoms with Gasteiger partial charge in [0, 0.05) is 40.4 Å². The second-order valence-corrected chi connectivity index (χ2v) is 20.2. The first-order valence-electron chi connectivity index (χ1n) is 24.7. The Balaban J connectivity index is 0.000000156. The van der Waals surface area contributed by atoms with Gasteiger partial charge in [0.05, 0.1) is 39.7 Å². The predicted octanol–water partition coefficient (Wildman–Crippen LogP) is 16.8. The fraction of sp³-hybridized carbons (Fsp3) is 0.186. The number of fused-ring (bicyclic) bond motifs is 7. The number of nitro benzene ring substituents is 2. The average molecular weight is 1180 g/mol. The SMILES string of the molecule is C1CCOC1.CCOP(OCC)OCC.Clc1ccc2c(c1)-c1c(ccc3ccccc13)C2.O=[N+]([O-])c1ccc(Cl)cc1-c1cccc2ccccc12.O=[N+]([O-])c1ccc(Cl)cc1Br.OB(O)c1cccc2ccccc12. The standard InChI is InChI=1S/C17H11Cl.C16H10ClNO2.C10H9BO2.C6H3BrClNO2.C6H15O3P.C4H8O/c18-14-8-7-12-9-13-6-5-11-3-1-2-4-15(11)17(13)16(12)10-14;17-12-8-9-16(18(19)20)15(10-12)14-7-3-5-11-4-1-2-6-13(11)14;12-11(13)10-7-3-5-8-4-1-2-6-9(8)10;7-5-3-4(8)1-2-6(5)9(10)11;1-4-7-10(8-5-2)9-6-3;1-2-4-5-3-1/h1-8,10H,9H2;1-10H;1-7,12-13H;1-3H;4-6H2,1-3H3;1-4H2. The number of nitrogens with zero attached hydrogens (tertiary/aromatic N) is 2. The lowest BCUT2D eigenvalue weighted by atomic mass is 9.77.